The van der Waals surface area contributed by atoms with Crippen molar-refractivity contribution in [2.24, 2.45) is 11.8 Å². The zero-order valence-corrected chi connectivity index (χ0v) is 20.1. The average Bonchev–Trinajstić information content (AvgIpc) is 2.77. The van der Waals surface area contributed by atoms with Gasteiger partial charge in [0.2, 0.25) is 0 Å². The Labute approximate surface area is 173 Å². The largest absolute Gasteiger partial charge is 0.481 e. The first-order chi connectivity index (χ1) is 12.7. The van der Waals surface area contributed by atoms with E-state index in [-0.39, 0.29) is 35.3 Å². The number of carboxylic acid groups (broad SMARTS) is 1. The summed E-state index contributed by atoms with van der Waals surface area (Å²) in [4.78, 5) is 11.2. The maximum Gasteiger partial charge on any atom is 0.303 e. The van der Waals surface area contributed by atoms with Crippen molar-refractivity contribution in [3.05, 3.63) is 0 Å². The number of hydrogen-bond acceptors (Lipinski definition) is 4. The van der Waals surface area contributed by atoms with Crippen molar-refractivity contribution in [2.45, 2.75) is 122 Å². The first-order valence-corrected chi connectivity index (χ1v) is 13.9. The fraction of sp³-hybridized carbons (Fsp3) is 0.955. The molecule has 0 aromatic heterocycles. The molecule has 0 heterocycles. The van der Waals surface area contributed by atoms with Crippen LogP contribution in [0.15, 0.2) is 0 Å². The number of carboxylic acids is 1. The van der Waals surface area contributed by atoms with Crippen molar-refractivity contribution in [3.63, 3.8) is 0 Å². The van der Waals surface area contributed by atoms with Gasteiger partial charge in [0.15, 0.2) is 8.32 Å². The highest BCUT2D eigenvalue weighted by Crippen LogP contribution is 2.44. The Morgan fingerprint density at radius 2 is 1.61 bits per heavy atom. The van der Waals surface area contributed by atoms with Crippen LogP contribution in [0.25, 0.3) is 0 Å². The fourth-order valence-electron chi connectivity index (χ4n) is 4.28. The molecule has 28 heavy (non-hydrogen) atoms. The Hall–Kier alpha value is -0.433. The van der Waals surface area contributed by atoms with E-state index < -0.39 is 26.5 Å². The molecule has 0 aromatic rings. The van der Waals surface area contributed by atoms with Gasteiger partial charge in [0.05, 0.1) is 24.2 Å². The van der Waals surface area contributed by atoms with Gasteiger partial charge in [-0.25, -0.2) is 0 Å². The summed E-state index contributed by atoms with van der Waals surface area (Å²) in [5, 5.41) is 30.0. The van der Waals surface area contributed by atoms with E-state index >= 15 is 0 Å². The van der Waals surface area contributed by atoms with Crippen molar-refractivity contribution in [1.29, 1.82) is 0 Å². The fourth-order valence-corrected chi connectivity index (χ4v) is 6.02. The summed E-state index contributed by atoms with van der Waals surface area (Å²) in [7, 11) is -1.96. The number of aliphatic hydroxyl groups excluding tert-OH is 2. The Morgan fingerprint density at radius 3 is 2.11 bits per heavy atom. The number of aliphatic carboxylic acids is 1. The molecule has 0 radical (unpaired) electrons. The standard InChI is InChI=1S/C22H44O5Si/c1-8-9-10-12-22(5,27-28(6,7)21(2,3)4)13-11-16-17(14-20(25)26)19(24)15-18(16)23/h16-19,23-24H,8-15H2,1-7H3,(H,25,26)/t16-,17-,18-,19+,22?/m1/s1. The monoisotopic (exact) mass is 416 g/mol. The molecule has 0 bridgehead atoms. The van der Waals surface area contributed by atoms with E-state index in [2.05, 4.69) is 47.7 Å². The molecule has 1 aliphatic carbocycles. The minimum atomic E-state index is -1.96. The molecular weight excluding hydrogens is 372 g/mol. The van der Waals surface area contributed by atoms with Crippen molar-refractivity contribution in [2.75, 3.05) is 0 Å². The number of hydrogen-bond donors (Lipinski definition) is 3. The molecule has 0 spiro atoms. The van der Waals surface area contributed by atoms with E-state index in [0.717, 1.165) is 25.7 Å². The number of rotatable bonds is 11. The summed E-state index contributed by atoms with van der Waals surface area (Å²) >= 11 is 0. The third kappa shape index (κ3) is 7.12. The normalized spacial score (nSPS) is 28.3. The van der Waals surface area contributed by atoms with Crippen molar-refractivity contribution >= 4 is 14.3 Å². The van der Waals surface area contributed by atoms with Crippen LogP contribution in [0.3, 0.4) is 0 Å². The SMILES string of the molecule is CCCCCC(C)(CC[C@@H]1[C@@H](CC(=O)O)[C@@H](O)C[C@H]1O)O[Si](C)(C)C(C)(C)C. The predicted molar refractivity (Wildman–Crippen MR) is 116 cm³/mol. The second-order valence-electron chi connectivity index (χ2n) is 10.6. The van der Waals surface area contributed by atoms with Crippen LogP contribution in [0, 0.1) is 11.8 Å². The van der Waals surface area contributed by atoms with Gasteiger partial charge in [0, 0.05) is 5.92 Å². The summed E-state index contributed by atoms with van der Waals surface area (Å²) in [6.45, 7) is 15.6. The Kier molecular flexibility index (Phi) is 9.19. The van der Waals surface area contributed by atoms with Gasteiger partial charge >= 0.3 is 5.97 Å². The third-order valence-corrected chi connectivity index (χ3v) is 11.7. The number of carbonyl (C=O) groups is 1. The molecule has 6 heteroatoms. The molecule has 5 nitrogen and oxygen atoms in total. The predicted octanol–water partition coefficient (Wildman–Crippen LogP) is 4.96. The molecule has 166 valence electrons. The second kappa shape index (κ2) is 10.1. The highest BCUT2D eigenvalue weighted by Gasteiger charge is 2.46. The van der Waals surface area contributed by atoms with Gasteiger partial charge in [-0.05, 0) is 56.7 Å². The van der Waals surface area contributed by atoms with Crippen LogP contribution in [0.2, 0.25) is 18.1 Å². The van der Waals surface area contributed by atoms with E-state index in [1.54, 1.807) is 0 Å². The molecule has 1 fully saturated rings. The zero-order valence-electron chi connectivity index (χ0n) is 19.1. The van der Waals surface area contributed by atoms with Gasteiger partial charge in [-0.1, -0.05) is 47.0 Å². The zero-order chi connectivity index (χ0) is 21.8. The van der Waals surface area contributed by atoms with Gasteiger partial charge in [-0.15, -0.1) is 0 Å². The summed E-state index contributed by atoms with van der Waals surface area (Å²) in [6, 6.07) is 0. The average molecular weight is 417 g/mol. The lowest BCUT2D eigenvalue weighted by molar-refractivity contribution is -0.139. The number of aliphatic hydroxyl groups is 2. The van der Waals surface area contributed by atoms with E-state index in [4.69, 9.17) is 4.43 Å². The molecule has 1 rings (SSSR count). The molecular formula is C22H44O5Si. The van der Waals surface area contributed by atoms with Crippen LogP contribution in [-0.4, -0.2) is 47.4 Å². The molecule has 0 aromatic carbocycles. The third-order valence-electron chi connectivity index (χ3n) is 7.06. The van der Waals surface area contributed by atoms with E-state index in [9.17, 15) is 20.1 Å². The van der Waals surface area contributed by atoms with E-state index in [1.165, 1.54) is 6.42 Å². The Morgan fingerprint density at radius 1 is 1.04 bits per heavy atom. The molecule has 3 N–H and O–H groups in total. The summed E-state index contributed by atoms with van der Waals surface area (Å²) < 4.78 is 6.85. The van der Waals surface area contributed by atoms with Crippen LogP contribution >= 0.6 is 0 Å². The van der Waals surface area contributed by atoms with Crippen molar-refractivity contribution in [1.82, 2.24) is 0 Å². The van der Waals surface area contributed by atoms with Gasteiger partial charge < -0.3 is 19.7 Å². The molecule has 1 unspecified atom stereocenters. The Balaban J connectivity index is 2.92. The maximum absolute atomic E-state index is 11.2. The first kappa shape index (κ1) is 25.6. The van der Waals surface area contributed by atoms with Crippen LogP contribution < -0.4 is 0 Å². The van der Waals surface area contributed by atoms with Gasteiger partial charge in [-0.2, -0.15) is 0 Å². The molecule has 1 saturated carbocycles. The lowest BCUT2D eigenvalue weighted by Crippen LogP contribution is -2.49. The minimum absolute atomic E-state index is 0.0848. The summed E-state index contributed by atoms with van der Waals surface area (Å²) in [5.41, 5.74) is -0.279. The van der Waals surface area contributed by atoms with Crippen molar-refractivity contribution < 1.29 is 24.5 Å². The lowest BCUT2D eigenvalue weighted by Gasteiger charge is -2.45. The highest BCUT2D eigenvalue weighted by molar-refractivity contribution is 6.74. The topological polar surface area (TPSA) is 87.0 Å². The Bertz CT molecular complexity index is 502. The highest BCUT2D eigenvalue weighted by atomic mass is 28.4. The first-order valence-electron chi connectivity index (χ1n) is 11.0. The lowest BCUT2D eigenvalue weighted by atomic mass is 9.82. The van der Waals surface area contributed by atoms with Gasteiger partial charge in [0.25, 0.3) is 0 Å². The minimum Gasteiger partial charge on any atom is -0.481 e. The smallest absolute Gasteiger partial charge is 0.303 e. The van der Waals surface area contributed by atoms with Crippen LogP contribution in [0.4, 0.5) is 0 Å². The van der Waals surface area contributed by atoms with E-state index in [1.807, 2.05) is 0 Å². The van der Waals surface area contributed by atoms with Gasteiger partial charge in [0.1, 0.15) is 0 Å². The van der Waals surface area contributed by atoms with Crippen LogP contribution in [0.5, 0.6) is 0 Å². The van der Waals surface area contributed by atoms with Crippen LogP contribution in [0.1, 0.15) is 86.0 Å². The van der Waals surface area contributed by atoms with E-state index in [0.29, 0.717) is 6.42 Å². The second-order valence-corrected chi connectivity index (χ2v) is 15.3. The maximum atomic E-state index is 11.2. The molecule has 0 aliphatic heterocycles. The molecule has 5 atom stereocenters. The molecule has 0 saturated heterocycles. The van der Waals surface area contributed by atoms with Crippen LogP contribution in [-0.2, 0) is 9.22 Å². The number of unbranched alkanes of at least 4 members (excludes halogenated alkanes) is 2. The quantitative estimate of drug-likeness (QED) is 0.327. The summed E-state index contributed by atoms with van der Waals surface area (Å²) in [6.07, 6.45) is 4.71. The summed E-state index contributed by atoms with van der Waals surface area (Å²) in [5.74, 6) is -1.47. The van der Waals surface area contributed by atoms with Gasteiger partial charge in [-0.3, -0.25) is 4.79 Å². The van der Waals surface area contributed by atoms with Crippen molar-refractivity contribution in [3.8, 4) is 0 Å². The molecule has 1 aliphatic rings. The molecule has 0 amide bonds.